The zero-order valence-corrected chi connectivity index (χ0v) is 18.5. The highest BCUT2D eigenvalue weighted by Gasteiger charge is 2.30. The number of thiazole rings is 1. The van der Waals surface area contributed by atoms with Crippen LogP contribution in [0.2, 0.25) is 0 Å². The first-order valence-electron chi connectivity index (χ1n) is 10.3. The van der Waals surface area contributed by atoms with E-state index >= 15 is 0 Å². The number of aromatic nitrogens is 1. The van der Waals surface area contributed by atoms with Gasteiger partial charge < -0.3 is 9.30 Å². The third-order valence-corrected chi connectivity index (χ3v) is 6.20. The number of benzene rings is 2. The monoisotopic (exact) mass is 468 g/mol. The molecule has 2 heterocycles. The number of carbonyl (C=O) groups excluding carboxylic acids is 3. The van der Waals surface area contributed by atoms with E-state index in [1.54, 1.807) is 28.8 Å². The van der Waals surface area contributed by atoms with Crippen molar-refractivity contribution in [1.29, 1.82) is 0 Å². The standard InChI is InChI=1S/C22H20N4O6S/c1-2-32-11-10-24-17-13-16(26(30)31)6-7-18(17)33-22(24)23-21(29)14-4-3-5-15(12-14)25-19(27)8-9-20(25)28/h3-7,12-13H,2,8-11H2,1H3. The number of ether oxygens (including phenoxy) is 1. The Labute approximate surface area is 191 Å². The summed E-state index contributed by atoms with van der Waals surface area (Å²) in [7, 11) is 0. The lowest BCUT2D eigenvalue weighted by Gasteiger charge is -2.14. The fourth-order valence-corrected chi connectivity index (χ4v) is 4.60. The topological polar surface area (TPSA) is 124 Å². The van der Waals surface area contributed by atoms with E-state index in [0.29, 0.717) is 35.8 Å². The highest BCUT2D eigenvalue weighted by atomic mass is 32.1. The van der Waals surface area contributed by atoms with Crippen molar-refractivity contribution in [1.82, 2.24) is 4.57 Å². The van der Waals surface area contributed by atoms with Crippen LogP contribution in [-0.4, -0.2) is 40.4 Å². The SMILES string of the molecule is CCOCCn1c(=NC(=O)c2cccc(N3C(=O)CCC3=O)c2)sc2ccc([N+](=O)[O-])cc21. The second kappa shape index (κ2) is 9.43. The molecule has 1 aliphatic heterocycles. The molecule has 3 amide bonds. The molecule has 33 heavy (non-hydrogen) atoms. The Kier molecular flexibility index (Phi) is 6.43. The molecule has 0 atom stereocenters. The van der Waals surface area contributed by atoms with Crippen LogP contribution in [0.4, 0.5) is 11.4 Å². The van der Waals surface area contributed by atoms with Gasteiger partial charge in [-0.3, -0.25) is 29.4 Å². The van der Waals surface area contributed by atoms with Gasteiger partial charge in [0, 0.05) is 43.7 Å². The van der Waals surface area contributed by atoms with Crippen LogP contribution in [0, 0.1) is 10.1 Å². The fraction of sp³-hybridized carbons (Fsp3) is 0.273. The largest absolute Gasteiger partial charge is 0.380 e. The van der Waals surface area contributed by atoms with Gasteiger partial charge in [-0.05, 0) is 31.2 Å². The number of nitro benzene ring substituents is 1. The molecule has 4 rings (SSSR count). The van der Waals surface area contributed by atoms with Crippen LogP contribution in [0.25, 0.3) is 10.2 Å². The quantitative estimate of drug-likeness (QED) is 0.227. The van der Waals surface area contributed by atoms with E-state index < -0.39 is 10.8 Å². The van der Waals surface area contributed by atoms with Crippen LogP contribution < -0.4 is 9.70 Å². The van der Waals surface area contributed by atoms with E-state index in [2.05, 4.69) is 4.99 Å². The van der Waals surface area contributed by atoms with Gasteiger partial charge in [-0.1, -0.05) is 17.4 Å². The van der Waals surface area contributed by atoms with E-state index in [1.165, 1.54) is 29.5 Å². The van der Waals surface area contributed by atoms with E-state index in [1.807, 2.05) is 6.92 Å². The maximum Gasteiger partial charge on any atom is 0.279 e. The molecule has 1 saturated heterocycles. The Hall–Kier alpha value is -3.70. The number of amides is 3. The van der Waals surface area contributed by atoms with Gasteiger partial charge in [-0.25, -0.2) is 0 Å². The maximum atomic E-state index is 13.0. The third-order valence-electron chi connectivity index (χ3n) is 5.14. The van der Waals surface area contributed by atoms with Gasteiger partial charge in [-0.15, -0.1) is 0 Å². The highest BCUT2D eigenvalue weighted by Crippen LogP contribution is 2.25. The Bertz CT molecular complexity index is 1330. The van der Waals surface area contributed by atoms with Crippen molar-refractivity contribution < 1.29 is 24.0 Å². The molecule has 11 heteroatoms. The van der Waals surface area contributed by atoms with E-state index in [4.69, 9.17) is 4.74 Å². The fourth-order valence-electron chi connectivity index (χ4n) is 3.57. The molecule has 0 N–H and O–H groups in total. The zero-order chi connectivity index (χ0) is 23.5. The van der Waals surface area contributed by atoms with Crippen molar-refractivity contribution in [3.05, 3.63) is 62.9 Å². The van der Waals surface area contributed by atoms with Crippen LogP contribution in [0.3, 0.4) is 0 Å². The Morgan fingerprint density at radius 2 is 1.94 bits per heavy atom. The van der Waals surface area contributed by atoms with Crippen molar-refractivity contribution in [2.24, 2.45) is 4.99 Å². The Morgan fingerprint density at radius 1 is 1.18 bits per heavy atom. The number of nitro groups is 1. The minimum absolute atomic E-state index is 0.0593. The number of hydrogen-bond acceptors (Lipinski definition) is 7. The van der Waals surface area contributed by atoms with Crippen LogP contribution in [0.5, 0.6) is 0 Å². The molecular weight excluding hydrogens is 448 g/mol. The summed E-state index contributed by atoms with van der Waals surface area (Å²) in [5, 5.41) is 11.2. The van der Waals surface area contributed by atoms with Crippen molar-refractivity contribution in [3.8, 4) is 0 Å². The summed E-state index contributed by atoms with van der Waals surface area (Å²) < 4.78 is 7.89. The van der Waals surface area contributed by atoms with Gasteiger partial charge in [0.25, 0.3) is 11.6 Å². The van der Waals surface area contributed by atoms with Gasteiger partial charge in [0.15, 0.2) is 4.80 Å². The number of anilines is 1. The molecule has 3 aromatic rings. The summed E-state index contributed by atoms with van der Waals surface area (Å²) in [6.07, 6.45) is 0.296. The van der Waals surface area contributed by atoms with E-state index in [0.717, 1.165) is 9.60 Å². The molecular formula is C22H20N4O6S. The number of imide groups is 1. The van der Waals surface area contributed by atoms with E-state index in [-0.39, 0.29) is 35.9 Å². The Morgan fingerprint density at radius 3 is 2.64 bits per heavy atom. The summed E-state index contributed by atoms with van der Waals surface area (Å²) in [4.78, 5) is 53.5. The molecule has 1 fully saturated rings. The molecule has 1 aliphatic rings. The normalized spacial score (nSPS) is 14.5. The first kappa shape index (κ1) is 22.5. The van der Waals surface area contributed by atoms with Gasteiger partial charge in [-0.2, -0.15) is 4.99 Å². The molecule has 0 unspecified atom stereocenters. The number of non-ortho nitro benzene ring substituents is 1. The van der Waals surface area contributed by atoms with Crippen molar-refractivity contribution in [2.75, 3.05) is 18.1 Å². The lowest BCUT2D eigenvalue weighted by Crippen LogP contribution is -2.28. The summed E-state index contributed by atoms with van der Waals surface area (Å²) in [5.41, 5.74) is 1.08. The molecule has 10 nitrogen and oxygen atoms in total. The molecule has 0 bridgehead atoms. The molecule has 0 spiro atoms. The summed E-state index contributed by atoms with van der Waals surface area (Å²) in [6.45, 7) is 3.08. The number of hydrogen-bond donors (Lipinski definition) is 0. The molecule has 0 radical (unpaired) electrons. The first-order chi connectivity index (χ1) is 15.9. The summed E-state index contributed by atoms with van der Waals surface area (Å²) in [5.74, 6) is -1.16. The van der Waals surface area contributed by atoms with Gasteiger partial charge in [0.05, 0.1) is 27.4 Å². The third kappa shape index (κ3) is 4.59. The lowest BCUT2D eigenvalue weighted by molar-refractivity contribution is -0.384. The van der Waals surface area contributed by atoms with E-state index in [9.17, 15) is 24.5 Å². The number of rotatable bonds is 7. The average molecular weight is 468 g/mol. The predicted molar refractivity (Wildman–Crippen MR) is 121 cm³/mol. The summed E-state index contributed by atoms with van der Waals surface area (Å²) in [6, 6.07) is 10.7. The maximum absolute atomic E-state index is 13.0. The van der Waals surface area contributed by atoms with Crippen molar-refractivity contribution >= 4 is 50.6 Å². The Balaban J connectivity index is 1.75. The predicted octanol–water partition coefficient (Wildman–Crippen LogP) is 3.04. The summed E-state index contributed by atoms with van der Waals surface area (Å²) >= 11 is 1.23. The van der Waals surface area contributed by atoms with Crippen molar-refractivity contribution in [3.63, 3.8) is 0 Å². The number of nitrogens with zero attached hydrogens (tertiary/aromatic N) is 4. The van der Waals surface area contributed by atoms with Gasteiger partial charge in [0.1, 0.15) is 0 Å². The number of fused-ring (bicyclic) bond motifs is 1. The smallest absolute Gasteiger partial charge is 0.279 e. The molecule has 1 aromatic heterocycles. The minimum Gasteiger partial charge on any atom is -0.380 e. The highest BCUT2D eigenvalue weighted by molar-refractivity contribution is 7.16. The van der Waals surface area contributed by atoms with Crippen LogP contribution in [-0.2, 0) is 20.9 Å². The van der Waals surface area contributed by atoms with Crippen LogP contribution in [0.1, 0.15) is 30.1 Å². The van der Waals surface area contributed by atoms with Crippen LogP contribution in [0.15, 0.2) is 47.5 Å². The number of carbonyl (C=O) groups is 3. The molecule has 0 saturated carbocycles. The molecule has 170 valence electrons. The lowest BCUT2D eigenvalue weighted by atomic mass is 10.2. The van der Waals surface area contributed by atoms with Gasteiger partial charge >= 0.3 is 0 Å². The minimum atomic E-state index is -0.554. The second-order valence-electron chi connectivity index (χ2n) is 7.23. The first-order valence-corrected chi connectivity index (χ1v) is 11.1. The van der Waals surface area contributed by atoms with Gasteiger partial charge in [0.2, 0.25) is 11.8 Å². The van der Waals surface area contributed by atoms with Crippen LogP contribution >= 0.6 is 11.3 Å². The van der Waals surface area contributed by atoms with Crippen molar-refractivity contribution in [2.45, 2.75) is 26.3 Å². The average Bonchev–Trinajstić information content (AvgIpc) is 3.32. The molecule has 0 aliphatic carbocycles. The molecule has 2 aromatic carbocycles. The second-order valence-corrected chi connectivity index (χ2v) is 8.24. The zero-order valence-electron chi connectivity index (χ0n) is 17.7.